The smallest absolute Gasteiger partial charge is 0.159 e. The maximum absolute atomic E-state index is 16.5. The van der Waals surface area contributed by atoms with E-state index < -0.39 is 5.82 Å². The van der Waals surface area contributed by atoms with Gasteiger partial charge >= 0.3 is 0 Å². The highest BCUT2D eigenvalue weighted by molar-refractivity contribution is 5.97. The van der Waals surface area contributed by atoms with Crippen LogP contribution in [0.25, 0.3) is 22.0 Å². The van der Waals surface area contributed by atoms with E-state index in [0.717, 1.165) is 72.7 Å². The van der Waals surface area contributed by atoms with Crippen LogP contribution < -0.4 is 15.5 Å². The van der Waals surface area contributed by atoms with Crippen molar-refractivity contribution in [2.24, 2.45) is 5.92 Å². The largest absolute Gasteiger partial charge is 0.386 e. The van der Waals surface area contributed by atoms with Crippen molar-refractivity contribution in [3.8, 4) is 0 Å². The molecule has 1 aliphatic heterocycles. The van der Waals surface area contributed by atoms with Crippen molar-refractivity contribution in [3.05, 3.63) is 96.8 Å². The monoisotopic (exact) mass is 581 g/mol. The number of aromatic amines is 1. The lowest BCUT2D eigenvalue weighted by Gasteiger charge is -2.34. The second-order valence-corrected chi connectivity index (χ2v) is 11.6. The van der Waals surface area contributed by atoms with Gasteiger partial charge in [-0.15, -0.1) is 0 Å². The SMILES string of the molecule is C=C/C(=C\C(=C/C)c1ncc(NC)c(C(=C)c2cc3c(N4CCN(C)CC4)cncc3[nH]2)c1F)NC(=C)C1CCCCC1. The van der Waals surface area contributed by atoms with E-state index in [2.05, 4.69) is 68.2 Å². The number of anilines is 2. The quantitative estimate of drug-likeness (QED) is 0.222. The lowest BCUT2D eigenvalue weighted by Crippen LogP contribution is -2.44. The first kappa shape index (κ1) is 30.3. The maximum atomic E-state index is 16.5. The van der Waals surface area contributed by atoms with Crippen molar-refractivity contribution in [2.45, 2.75) is 39.0 Å². The molecule has 0 amide bonds. The molecule has 0 spiro atoms. The fraction of sp³-hybridized carbons (Fsp3) is 0.371. The first-order chi connectivity index (χ1) is 20.8. The zero-order valence-corrected chi connectivity index (χ0v) is 25.8. The Labute approximate surface area is 255 Å². The van der Waals surface area contributed by atoms with Gasteiger partial charge in [0.1, 0.15) is 5.69 Å². The van der Waals surface area contributed by atoms with Crippen LogP contribution in [0.1, 0.15) is 56.0 Å². The molecule has 3 aromatic heterocycles. The third-order valence-corrected chi connectivity index (χ3v) is 8.80. The lowest BCUT2D eigenvalue weighted by molar-refractivity contribution is 0.313. The summed E-state index contributed by atoms with van der Waals surface area (Å²) in [4.78, 5) is 17.2. The Kier molecular flexibility index (Phi) is 9.46. The Bertz CT molecular complexity index is 1570. The number of pyridine rings is 2. The zero-order valence-electron chi connectivity index (χ0n) is 25.8. The number of likely N-dealkylation sites (N-methyl/N-ethyl adjacent to an activating group) is 1. The van der Waals surface area contributed by atoms with E-state index in [9.17, 15) is 0 Å². The normalized spacial score (nSPS) is 17.3. The minimum Gasteiger partial charge on any atom is -0.386 e. The molecule has 4 heterocycles. The highest BCUT2D eigenvalue weighted by atomic mass is 19.1. The highest BCUT2D eigenvalue weighted by Gasteiger charge is 2.23. The third-order valence-electron chi connectivity index (χ3n) is 8.80. The number of aromatic nitrogens is 3. The number of H-pyrrole nitrogens is 1. The van der Waals surface area contributed by atoms with Crippen molar-refractivity contribution < 1.29 is 4.39 Å². The van der Waals surface area contributed by atoms with E-state index in [0.29, 0.717) is 28.3 Å². The molecule has 7 nitrogen and oxygen atoms in total. The van der Waals surface area contributed by atoms with Gasteiger partial charge in [-0.1, -0.05) is 45.1 Å². The molecule has 2 fully saturated rings. The molecule has 1 saturated carbocycles. The fourth-order valence-corrected chi connectivity index (χ4v) is 6.15. The number of halogens is 1. The Morgan fingerprint density at radius 3 is 2.51 bits per heavy atom. The van der Waals surface area contributed by atoms with E-state index in [1.54, 1.807) is 19.3 Å². The number of allylic oxidation sites excluding steroid dienone is 5. The molecule has 8 heteroatoms. The molecule has 3 aromatic rings. The molecule has 0 unspecified atom stereocenters. The standard InChI is InChI=1S/C35H44FN7/c1-7-25(18-27(8-2)40-24(4)26-12-10-9-11-13-26)35-34(36)33(31(37-5)21-39-35)23(3)29-19-28-30(41-29)20-38-22-32(28)43-16-14-42(6)15-17-43/h7-8,18-22,26,37,40-41H,2-4,9-17H2,1,5-6H3/b25-7+,27-18+. The van der Waals surface area contributed by atoms with Crippen LogP contribution in [0.5, 0.6) is 0 Å². The van der Waals surface area contributed by atoms with Crippen LogP contribution in [-0.2, 0) is 0 Å². The van der Waals surface area contributed by atoms with Gasteiger partial charge in [0.25, 0.3) is 0 Å². The van der Waals surface area contributed by atoms with Gasteiger partial charge in [-0.05, 0) is 50.9 Å². The number of nitrogens with one attached hydrogen (secondary N) is 3. The predicted octanol–water partition coefficient (Wildman–Crippen LogP) is 7.11. The number of rotatable bonds is 10. The van der Waals surface area contributed by atoms with Crippen molar-refractivity contribution >= 4 is 33.4 Å². The Morgan fingerprint density at radius 1 is 1.09 bits per heavy atom. The summed E-state index contributed by atoms with van der Waals surface area (Å²) in [5, 5.41) is 7.59. The molecule has 0 aromatic carbocycles. The summed E-state index contributed by atoms with van der Waals surface area (Å²) in [6.45, 7) is 18.4. The van der Waals surface area contributed by atoms with Crippen LogP contribution in [0.15, 0.2) is 74.0 Å². The molecule has 2 aliphatic rings. The molecule has 226 valence electrons. The first-order valence-electron chi connectivity index (χ1n) is 15.3. The highest BCUT2D eigenvalue weighted by Crippen LogP contribution is 2.36. The van der Waals surface area contributed by atoms with Crippen LogP contribution in [0.2, 0.25) is 0 Å². The number of fused-ring (bicyclic) bond motifs is 1. The first-order valence-corrected chi connectivity index (χ1v) is 15.3. The molecule has 43 heavy (non-hydrogen) atoms. The molecule has 1 saturated heterocycles. The Morgan fingerprint density at radius 2 is 1.84 bits per heavy atom. The topological polar surface area (TPSA) is 72.1 Å². The summed E-state index contributed by atoms with van der Waals surface area (Å²) in [6, 6.07) is 2.05. The summed E-state index contributed by atoms with van der Waals surface area (Å²) < 4.78 is 16.5. The average Bonchev–Trinajstić information content (AvgIpc) is 3.48. The minimum absolute atomic E-state index is 0.248. The molecule has 5 rings (SSSR count). The molecular weight excluding hydrogens is 537 g/mol. The van der Waals surface area contributed by atoms with Crippen LogP contribution >= 0.6 is 0 Å². The Balaban J connectivity index is 1.47. The predicted molar refractivity (Wildman–Crippen MR) is 178 cm³/mol. The molecule has 0 bridgehead atoms. The summed E-state index contributed by atoms with van der Waals surface area (Å²) in [5.74, 6) is 0.000856. The van der Waals surface area contributed by atoms with Gasteiger partial charge in [0, 0.05) is 72.4 Å². The van der Waals surface area contributed by atoms with Gasteiger partial charge in [0.2, 0.25) is 0 Å². The molecular formula is C35H44FN7. The number of hydrogen-bond donors (Lipinski definition) is 3. The lowest BCUT2D eigenvalue weighted by atomic mass is 9.87. The van der Waals surface area contributed by atoms with Crippen molar-refractivity contribution in [1.29, 1.82) is 0 Å². The minimum atomic E-state index is -0.438. The van der Waals surface area contributed by atoms with Crippen molar-refractivity contribution in [3.63, 3.8) is 0 Å². The number of nitrogens with zero attached hydrogens (tertiary/aromatic N) is 4. The van der Waals surface area contributed by atoms with E-state index in [4.69, 9.17) is 0 Å². The third kappa shape index (κ3) is 6.44. The second-order valence-electron chi connectivity index (χ2n) is 11.6. The van der Waals surface area contributed by atoms with E-state index in [-0.39, 0.29) is 5.69 Å². The molecule has 3 N–H and O–H groups in total. The van der Waals surface area contributed by atoms with Gasteiger partial charge < -0.3 is 25.4 Å². The van der Waals surface area contributed by atoms with Gasteiger partial charge in [-0.3, -0.25) is 9.97 Å². The van der Waals surface area contributed by atoms with E-state index in [1.807, 2.05) is 31.5 Å². The van der Waals surface area contributed by atoms with E-state index in [1.165, 1.54) is 19.3 Å². The van der Waals surface area contributed by atoms with E-state index >= 15 is 4.39 Å². The van der Waals surface area contributed by atoms with Gasteiger partial charge in [-0.2, -0.15) is 0 Å². The fourth-order valence-electron chi connectivity index (χ4n) is 6.15. The van der Waals surface area contributed by atoms with Gasteiger partial charge in [0.15, 0.2) is 5.82 Å². The maximum Gasteiger partial charge on any atom is 0.159 e. The van der Waals surface area contributed by atoms with Crippen LogP contribution in [0, 0.1) is 11.7 Å². The summed E-state index contributed by atoms with van der Waals surface area (Å²) >= 11 is 0. The van der Waals surface area contributed by atoms with Crippen LogP contribution in [-0.4, -0.2) is 60.1 Å². The van der Waals surface area contributed by atoms with Crippen LogP contribution in [0.3, 0.4) is 0 Å². The zero-order chi connectivity index (χ0) is 30.5. The average molecular weight is 582 g/mol. The molecule has 0 radical (unpaired) electrons. The molecule has 0 atom stereocenters. The number of piperazine rings is 1. The second kappa shape index (κ2) is 13.4. The molecule has 1 aliphatic carbocycles. The Hall–Kier alpha value is -4.17. The van der Waals surface area contributed by atoms with Crippen molar-refractivity contribution in [1.82, 2.24) is 25.2 Å². The number of hydrogen-bond acceptors (Lipinski definition) is 6. The van der Waals surface area contributed by atoms with Gasteiger partial charge in [-0.25, -0.2) is 4.39 Å². The summed E-state index contributed by atoms with van der Waals surface area (Å²) in [5.41, 5.74) is 6.83. The summed E-state index contributed by atoms with van der Waals surface area (Å²) in [6.07, 6.45) is 16.9. The van der Waals surface area contributed by atoms with Crippen molar-refractivity contribution in [2.75, 3.05) is 50.5 Å². The summed E-state index contributed by atoms with van der Waals surface area (Å²) in [7, 11) is 3.91. The van der Waals surface area contributed by atoms with Crippen LogP contribution in [0.4, 0.5) is 15.8 Å². The van der Waals surface area contributed by atoms with Gasteiger partial charge in [0.05, 0.1) is 35.5 Å².